The normalized spacial score (nSPS) is 10.7. The van der Waals surface area contributed by atoms with Gasteiger partial charge < -0.3 is 14.2 Å². The maximum atomic E-state index is 11.9. The number of hydrogen-bond donors (Lipinski definition) is 1. The van der Waals surface area contributed by atoms with E-state index in [2.05, 4.69) is 10.5 Å². The Balaban J connectivity index is 1.52. The third kappa shape index (κ3) is 6.76. The highest BCUT2D eigenvalue weighted by molar-refractivity contribution is 6.32. The highest BCUT2D eigenvalue weighted by atomic mass is 35.5. The molecule has 0 aliphatic heterocycles. The number of amides is 1. The number of nitrogens with one attached hydrogen (secondary N) is 1. The lowest BCUT2D eigenvalue weighted by Gasteiger charge is -2.11. The number of para-hydroxylation sites is 1. The Morgan fingerprint density at radius 2 is 1.77 bits per heavy atom. The van der Waals surface area contributed by atoms with E-state index in [1.54, 1.807) is 43.5 Å². The van der Waals surface area contributed by atoms with Crippen molar-refractivity contribution in [3.63, 3.8) is 0 Å². The fraction of sp³-hybridized carbons (Fsp3) is 0.167. The predicted molar refractivity (Wildman–Crippen MR) is 121 cm³/mol. The largest absolute Gasteiger partial charge is 0.493 e. The molecule has 31 heavy (non-hydrogen) atoms. The molecule has 0 heterocycles. The molecule has 6 nitrogen and oxygen atoms in total. The summed E-state index contributed by atoms with van der Waals surface area (Å²) in [6, 6.07) is 20.5. The fourth-order valence-electron chi connectivity index (χ4n) is 2.65. The molecular formula is C24H23ClN2O4. The van der Waals surface area contributed by atoms with E-state index >= 15 is 0 Å². The molecule has 0 aromatic heterocycles. The van der Waals surface area contributed by atoms with Crippen molar-refractivity contribution in [3.8, 4) is 17.2 Å². The zero-order chi connectivity index (χ0) is 22.1. The van der Waals surface area contributed by atoms with E-state index in [4.69, 9.17) is 25.8 Å². The van der Waals surface area contributed by atoms with Crippen LogP contribution in [-0.2, 0) is 11.4 Å². The molecule has 160 valence electrons. The number of ether oxygens (including phenoxy) is 3. The van der Waals surface area contributed by atoms with E-state index in [9.17, 15) is 4.79 Å². The minimum atomic E-state index is -0.402. The Kier molecular flexibility index (Phi) is 7.90. The maximum Gasteiger partial charge on any atom is 0.277 e. The molecule has 7 heteroatoms. The summed E-state index contributed by atoms with van der Waals surface area (Å²) in [7, 11) is 1.57. The molecule has 0 aliphatic carbocycles. The monoisotopic (exact) mass is 438 g/mol. The van der Waals surface area contributed by atoms with Crippen LogP contribution in [0.15, 0.2) is 71.8 Å². The van der Waals surface area contributed by atoms with Crippen LogP contribution < -0.4 is 19.6 Å². The van der Waals surface area contributed by atoms with Crippen molar-refractivity contribution in [2.24, 2.45) is 5.10 Å². The summed E-state index contributed by atoms with van der Waals surface area (Å²) in [5, 5.41) is 4.39. The number of carbonyl (C=O) groups is 1. The van der Waals surface area contributed by atoms with Gasteiger partial charge in [-0.3, -0.25) is 4.79 Å². The molecule has 0 radical (unpaired) electrons. The summed E-state index contributed by atoms with van der Waals surface area (Å²) in [5.41, 5.74) is 5.43. The molecule has 0 aliphatic rings. The molecule has 0 unspecified atom stereocenters. The van der Waals surface area contributed by atoms with Crippen molar-refractivity contribution >= 4 is 23.7 Å². The predicted octanol–water partition coefficient (Wildman–Crippen LogP) is 4.77. The standard InChI is InChI=1S/C24H23ClN2O4/c1-17-7-9-18(10-8-17)15-30-22-12-11-19(13-23(22)29-2)14-26-27-24(28)16-31-21-6-4-3-5-20(21)25/h3-14H,15-16H2,1-2H3,(H,27,28)/b26-14+. The van der Waals surface area contributed by atoms with Crippen LogP contribution >= 0.6 is 11.6 Å². The van der Waals surface area contributed by atoms with E-state index in [1.807, 2.05) is 37.3 Å². The lowest BCUT2D eigenvalue weighted by Crippen LogP contribution is -2.24. The van der Waals surface area contributed by atoms with Gasteiger partial charge in [-0.2, -0.15) is 5.10 Å². The van der Waals surface area contributed by atoms with Crippen LogP contribution in [0.25, 0.3) is 0 Å². The Bertz CT molecular complexity index is 1050. The lowest BCUT2D eigenvalue weighted by atomic mass is 10.2. The average Bonchev–Trinajstić information content (AvgIpc) is 2.78. The van der Waals surface area contributed by atoms with Crippen molar-refractivity contribution in [1.29, 1.82) is 0 Å². The summed E-state index contributed by atoms with van der Waals surface area (Å²) < 4.78 is 16.7. The molecule has 3 aromatic carbocycles. The van der Waals surface area contributed by atoms with Crippen LogP contribution in [0.3, 0.4) is 0 Å². The average molecular weight is 439 g/mol. The van der Waals surface area contributed by atoms with Gasteiger partial charge in [-0.25, -0.2) is 5.43 Å². The Labute approximate surface area is 186 Å². The Morgan fingerprint density at radius 1 is 1.00 bits per heavy atom. The van der Waals surface area contributed by atoms with Gasteiger partial charge in [-0.15, -0.1) is 0 Å². The molecule has 0 saturated heterocycles. The van der Waals surface area contributed by atoms with E-state index in [0.29, 0.717) is 28.9 Å². The van der Waals surface area contributed by atoms with Crippen molar-refractivity contribution in [1.82, 2.24) is 5.43 Å². The van der Waals surface area contributed by atoms with E-state index in [-0.39, 0.29) is 6.61 Å². The van der Waals surface area contributed by atoms with Gasteiger partial charge in [0.15, 0.2) is 18.1 Å². The molecular weight excluding hydrogens is 416 g/mol. The van der Waals surface area contributed by atoms with Gasteiger partial charge in [0.05, 0.1) is 18.3 Å². The quantitative estimate of drug-likeness (QED) is 0.386. The third-order valence-electron chi connectivity index (χ3n) is 4.30. The second kappa shape index (κ2) is 11.0. The van der Waals surface area contributed by atoms with Gasteiger partial charge in [0.25, 0.3) is 5.91 Å². The van der Waals surface area contributed by atoms with Gasteiger partial charge in [0.1, 0.15) is 12.4 Å². The molecule has 1 amide bonds. The van der Waals surface area contributed by atoms with Crippen molar-refractivity contribution in [2.45, 2.75) is 13.5 Å². The van der Waals surface area contributed by atoms with Gasteiger partial charge in [0, 0.05) is 0 Å². The SMILES string of the molecule is COc1cc(/C=N/NC(=O)COc2ccccc2Cl)ccc1OCc1ccc(C)cc1. The molecule has 3 rings (SSSR count). The molecule has 0 saturated carbocycles. The van der Waals surface area contributed by atoms with Crippen LogP contribution in [0.1, 0.15) is 16.7 Å². The highest BCUT2D eigenvalue weighted by Gasteiger charge is 2.07. The number of methoxy groups -OCH3 is 1. The summed E-state index contributed by atoms with van der Waals surface area (Å²) in [4.78, 5) is 11.9. The first-order valence-electron chi connectivity index (χ1n) is 9.61. The Morgan fingerprint density at radius 3 is 2.52 bits per heavy atom. The molecule has 0 bridgehead atoms. The molecule has 0 spiro atoms. The number of aryl methyl sites for hydroxylation is 1. The van der Waals surface area contributed by atoms with E-state index < -0.39 is 5.91 Å². The first-order chi connectivity index (χ1) is 15.0. The number of nitrogens with zero attached hydrogens (tertiary/aromatic N) is 1. The number of rotatable bonds is 9. The molecule has 0 atom stereocenters. The number of benzene rings is 3. The zero-order valence-electron chi connectivity index (χ0n) is 17.3. The van der Waals surface area contributed by atoms with Gasteiger partial charge in [-0.1, -0.05) is 53.6 Å². The van der Waals surface area contributed by atoms with Crippen LogP contribution in [0, 0.1) is 6.92 Å². The number of hydrogen-bond acceptors (Lipinski definition) is 5. The Hall–Kier alpha value is -3.51. The smallest absolute Gasteiger partial charge is 0.277 e. The topological polar surface area (TPSA) is 69.2 Å². The van der Waals surface area contributed by atoms with Gasteiger partial charge >= 0.3 is 0 Å². The minimum Gasteiger partial charge on any atom is -0.493 e. The zero-order valence-corrected chi connectivity index (χ0v) is 18.1. The number of halogens is 1. The van der Waals surface area contributed by atoms with Gasteiger partial charge in [0.2, 0.25) is 0 Å². The molecule has 3 aromatic rings. The summed E-state index contributed by atoms with van der Waals surface area (Å²) in [6.45, 7) is 2.28. The summed E-state index contributed by atoms with van der Waals surface area (Å²) >= 11 is 5.99. The van der Waals surface area contributed by atoms with E-state index in [1.165, 1.54) is 11.8 Å². The first-order valence-corrected chi connectivity index (χ1v) is 9.98. The maximum absolute atomic E-state index is 11.9. The second-order valence-electron chi connectivity index (χ2n) is 6.70. The third-order valence-corrected chi connectivity index (χ3v) is 4.61. The van der Waals surface area contributed by atoms with Crippen molar-refractivity contribution in [2.75, 3.05) is 13.7 Å². The van der Waals surface area contributed by atoms with E-state index in [0.717, 1.165) is 11.1 Å². The second-order valence-corrected chi connectivity index (χ2v) is 7.10. The highest BCUT2D eigenvalue weighted by Crippen LogP contribution is 2.28. The van der Waals surface area contributed by atoms with Crippen LogP contribution in [0.4, 0.5) is 0 Å². The van der Waals surface area contributed by atoms with Crippen LogP contribution in [-0.4, -0.2) is 25.8 Å². The van der Waals surface area contributed by atoms with Gasteiger partial charge in [-0.05, 0) is 48.4 Å². The number of carbonyl (C=O) groups excluding carboxylic acids is 1. The lowest BCUT2D eigenvalue weighted by molar-refractivity contribution is -0.123. The molecule has 0 fully saturated rings. The first kappa shape index (κ1) is 22.2. The van der Waals surface area contributed by atoms with Crippen molar-refractivity contribution < 1.29 is 19.0 Å². The number of hydrazone groups is 1. The van der Waals surface area contributed by atoms with Crippen LogP contribution in [0.2, 0.25) is 5.02 Å². The fourth-order valence-corrected chi connectivity index (χ4v) is 2.84. The minimum absolute atomic E-state index is 0.198. The summed E-state index contributed by atoms with van der Waals surface area (Å²) in [6.07, 6.45) is 1.51. The van der Waals surface area contributed by atoms with Crippen molar-refractivity contribution in [3.05, 3.63) is 88.4 Å². The van der Waals surface area contributed by atoms with Crippen LogP contribution in [0.5, 0.6) is 17.2 Å². The summed E-state index contributed by atoms with van der Waals surface area (Å²) in [5.74, 6) is 1.23. The molecule has 1 N–H and O–H groups in total.